The summed E-state index contributed by atoms with van der Waals surface area (Å²) in [5.74, 6) is 1.23. The molecule has 0 saturated heterocycles. The lowest BCUT2D eigenvalue weighted by molar-refractivity contribution is 0.740. The number of allylic oxidation sites excluding steroid dienone is 4. The van der Waals surface area contributed by atoms with E-state index in [1.807, 2.05) is 60.7 Å². The fourth-order valence-corrected chi connectivity index (χ4v) is 10.8. The molecule has 0 radical (unpaired) electrons. The summed E-state index contributed by atoms with van der Waals surface area (Å²) in [5, 5.41) is 13.7. The lowest BCUT2D eigenvalue weighted by Crippen LogP contribution is -2.25. The zero-order valence-corrected chi connectivity index (χ0v) is 41.5. The number of rotatable bonds is 10. The van der Waals surface area contributed by atoms with Crippen LogP contribution in [-0.2, 0) is 0 Å². The normalized spacial score (nSPS) is 13.6. The highest BCUT2D eigenvalue weighted by Gasteiger charge is 2.20. The number of amidine groups is 2. The molecule has 2 aromatic heterocycles. The highest BCUT2D eigenvalue weighted by atomic mass is 15.4. The number of benzene rings is 10. The average Bonchev–Trinajstić information content (AvgIpc) is 4.03. The van der Waals surface area contributed by atoms with Gasteiger partial charge in [0.25, 0.3) is 0 Å². The van der Waals surface area contributed by atoms with E-state index in [1.54, 1.807) is 0 Å². The maximum Gasteiger partial charge on any atom is 0.154 e. The van der Waals surface area contributed by atoms with Crippen molar-refractivity contribution in [3.8, 4) is 27.9 Å². The molecule has 0 aliphatic heterocycles. The van der Waals surface area contributed by atoms with E-state index in [9.17, 15) is 0 Å². The zero-order valence-electron chi connectivity index (χ0n) is 41.5. The van der Waals surface area contributed by atoms with E-state index < -0.39 is 0 Å². The minimum atomic E-state index is 0.180. The molecule has 10 aromatic carbocycles. The standard InChI is InChI=1S/C69H52N6/c1-47-18-17-25-51(42-47)53-32-40-66-62(45-53)63-46-55(33-41-67(63)75(66)72-69(50-23-11-4-12-24-50)71-68(70)49-21-9-3-10-22-49)54-31-39-65-61(44-54)60-43-52(48-19-7-2-8-20-48)30-38-64(60)74(65)59-36-34-58(35-37-59)73(56-26-13-5-14-27-56)57-28-15-6-16-29-57/h2-17,19-47H,18H2,1H3,(H2,70,71,72). The minimum absolute atomic E-state index is 0.180. The van der Waals surface area contributed by atoms with Gasteiger partial charge in [-0.25, -0.2) is 4.99 Å². The summed E-state index contributed by atoms with van der Waals surface area (Å²) in [5.41, 5.74) is 21.1. The Morgan fingerprint density at radius 2 is 0.907 bits per heavy atom. The lowest BCUT2D eigenvalue weighted by atomic mass is 9.93. The van der Waals surface area contributed by atoms with Crippen LogP contribution in [0.1, 0.15) is 30.0 Å². The SMILES string of the molecule is CC1C=C(c2ccc3c(c2)c2cc(-c4ccc5c(c4)c4cc(-c6ccccc6)ccc4n5-c4ccc(N(c5ccccc5)c5ccccc5)cc4)ccc2n3NC(=NC(=N)c2ccccc2)c2ccccc2)C=CC1. The predicted molar refractivity (Wildman–Crippen MR) is 316 cm³/mol. The average molecular weight is 965 g/mol. The van der Waals surface area contributed by atoms with Crippen LogP contribution in [0.15, 0.2) is 272 Å². The molecule has 12 aromatic rings. The molecule has 1 atom stereocenters. The number of aliphatic imine (C=N–C) groups is 1. The molecule has 1 aliphatic carbocycles. The number of anilines is 3. The van der Waals surface area contributed by atoms with Crippen LogP contribution in [0.5, 0.6) is 0 Å². The summed E-state index contributed by atoms with van der Waals surface area (Å²) in [6, 6.07) is 87.9. The highest BCUT2D eigenvalue weighted by Crippen LogP contribution is 2.41. The van der Waals surface area contributed by atoms with Crippen molar-refractivity contribution in [1.82, 2.24) is 9.24 Å². The molecule has 1 aliphatic rings. The zero-order chi connectivity index (χ0) is 50.2. The Labute approximate surface area is 436 Å². The first-order valence-electron chi connectivity index (χ1n) is 25.7. The second-order valence-corrected chi connectivity index (χ2v) is 19.4. The Kier molecular flexibility index (Phi) is 11.6. The van der Waals surface area contributed by atoms with Gasteiger partial charge in [0.15, 0.2) is 11.7 Å². The van der Waals surface area contributed by atoms with Crippen molar-refractivity contribution in [3.05, 3.63) is 284 Å². The van der Waals surface area contributed by atoms with Gasteiger partial charge in [0.2, 0.25) is 0 Å². The monoisotopic (exact) mass is 964 g/mol. The van der Waals surface area contributed by atoms with Crippen molar-refractivity contribution in [2.75, 3.05) is 10.3 Å². The lowest BCUT2D eigenvalue weighted by Gasteiger charge is -2.25. The van der Waals surface area contributed by atoms with Crippen molar-refractivity contribution in [2.24, 2.45) is 10.9 Å². The van der Waals surface area contributed by atoms with Crippen LogP contribution in [0.3, 0.4) is 0 Å². The Balaban J connectivity index is 0.960. The van der Waals surface area contributed by atoms with Gasteiger partial charge in [-0.2, -0.15) is 0 Å². The Hall–Kier alpha value is -9.78. The van der Waals surface area contributed by atoms with Gasteiger partial charge in [-0.15, -0.1) is 0 Å². The Bertz CT molecular complexity index is 4130. The molecule has 0 spiro atoms. The summed E-state index contributed by atoms with van der Waals surface area (Å²) >= 11 is 0. The molecule has 1 unspecified atom stereocenters. The van der Waals surface area contributed by atoms with E-state index in [2.05, 4.69) is 233 Å². The van der Waals surface area contributed by atoms with E-state index in [0.29, 0.717) is 11.8 Å². The number of aromatic nitrogens is 2. The molecule has 358 valence electrons. The van der Waals surface area contributed by atoms with E-state index in [1.165, 1.54) is 33.0 Å². The van der Waals surface area contributed by atoms with Crippen molar-refractivity contribution in [1.29, 1.82) is 5.41 Å². The molecule has 13 rings (SSSR count). The first-order chi connectivity index (χ1) is 37.0. The van der Waals surface area contributed by atoms with Crippen LogP contribution in [0.4, 0.5) is 17.1 Å². The summed E-state index contributed by atoms with van der Waals surface area (Å²) in [6.45, 7) is 2.28. The number of fused-ring (bicyclic) bond motifs is 6. The smallest absolute Gasteiger partial charge is 0.154 e. The van der Waals surface area contributed by atoms with Crippen molar-refractivity contribution >= 4 is 77.9 Å². The second kappa shape index (κ2) is 19.3. The summed E-state index contributed by atoms with van der Waals surface area (Å²) < 4.78 is 4.55. The Morgan fingerprint density at radius 3 is 1.45 bits per heavy atom. The Morgan fingerprint density at radius 1 is 0.467 bits per heavy atom. The van der Waals surface area contributed by atoms with Gasteiger partial charge in [0.05, 0.1) is 22.1 Å². The summed E-state index contributed by atoms with van der Waals surface area (Å²) in [6.07, 6.45) is 7.97. The van der Waals surface area contributed by atoms with Gasteiger partial charge >= 0.3 is 0 Å². The molecular formula is C69H52N6. The third-order valence-corrected chi connectivity index (χ3v) is 14.5. The van der Waals surface area contributed by atoms with Gasteiger partial charge in [-0.3, -0.25) is 15.5 Å². The maximum absolute atomic E-state index is 9.09. The van der Waals surface area contributed by atoms with Crippen LogP contribution in [0.2, 0.25) is 0 Å². The first kappa shape index (κ1) is 45.1. The van der Waals surface area contributed by atoms with Crippen LogP contribution in [-0.4, -0.2) is 20.9 Å². The molecule has 0 saturated carbocycles. The molecule has 2 N–H and O–H groups in total. The van der Waals surface area contributed by atoms with Crippen molar-refractivity contribution < 1.29 is 0 Å². The number of hydrogen-bond acceptors (Lipinski definition) is 2. The third kappa shape index (κ3) is 8.58. The highest BCUT2D eigenvalue weighted by molar-refractivity contribution is 6.17. The summed E-state index contributed by atoms with van der Waals surface area (Å²) in [7, 11) is 0. The van der Waals surface area contributed by atoms with Gasteiger partial charge in [0, 0.05) is 55.4 Å². The first-order valence-corrected chi connectivity index (χ1v) is 25.7. The molecule has 6 heteroatoms. The molecule has 75 heavy (non-hydrogen) atoms. The van der Waals surface area contributed by atoms with E-state index in [-0.39, 0.29) is 5.84 Å². The van der Waals surface area contributed by atoms with E-state index in [4.69, 9.17) is 10.4 Å². The molecule has 0 bridgehead atoms. The molecule has 6 nitrogen and oxygen atoms in total. The van der Waals surface area contributed by atoms with E-state index >= 15 is 0 Å². The molecule has 0 fully saturated rings. The fourth-order valence-electron chi connectivity index (χ4n) is 10.8. The van der Waals surface area contributed by atoms with Crippen molar-refractivity contribution in [3.63, 3.8) is 0 Å². The van der Waals surface area contributed by atoms with E-state index in [0.717, 1.165) is 84.3 Å². The molecule has 2 heterocycles. The van der Waals surface area contributed by atoms with Gasteiger partial charge in [-0.05, 0) is 143 Å². The third-order valence-electron chi connectivity index (χ3n) is 14.5. The number of para-hydroxylation sites is 2. The van der Waals surface area contributed by atoms with Crippen LogP contribution < -0.4 is 10.3 Å². The maximum atomic E-state index is 9.09. The minimum Gasteiger partial charge on any atom is -0.311 e. The van der Waals surface area contributed by atoms with Gasteiger partial charge in [0.1, 0.15) is 0 Å². The van der Waals surface area contributed by atoms with Crippen LogP contribution in [0, 0.1) is 11.3 Å². The van der Waals surface area contributed by atoms with Gasteiger partial charge in [-0.1, -0.05) is 177 Å². The fraction of sp³-hybridized carbons (Fsp3) is 0.0435. The molecular weight excluding hydrogens is 913 g/mol. The largest absolute Gasteiger partial charge is 0.311 e. The van der Waals surface area contributed by atoms with Crippen molar-refractivity contribution in [2.45, 2.75) is 13.3 Å². The number of nitrogens with one attached hydrogen (secondary N) is 2. The summed E-state index contributed by atoms with van der Waals surface area (Å²) in [4.78, 5) is 7.26. The quantitative estimate of drug-likeness (QED) is 0.106. The topological polar surface area (TPSA) is 61.3 Å². The van der Waals surface area contributed by atoms with Gasteiger partial charge < -0.3 is 9.47 Å². The predicted octanol–water partition coefficient (Wildman–Crippen LogP) is 17.7. The second-order valence-electron chi connectivity index (χ2n) is 19.4. The number of nitrogens with zero attached hydrogens (tertiary/aromatic N) is 4. The molecule has 0 amide bonds. The van der Waals surface area contributed by atoms with Crippen LogP contribution >= 0.6 is 0 Å². The number of hydrogen-bond donors (Lipinski definition) is 2. The van der Waals surface area contributed by atoms with Crippen LogP contribution in [0.25, 0.3) is 77.1 Å².